The molecule has 1 rings (SSSR count). The third-order valence-corrected chi connectivity index (χ3v) is 3.89. The largest absolute Gasteiger partial charge is 0.481 e. The van der Waals surface area contributed by atoms with Crippen molar-refractivity contribution in [2.24, 2.45) is 0 Å². The number of amides is 1. The van der Waals surface area contributed by atoms with Crippen LogP contribution in [-0.4, -0.2) is 35.0 Å². The van der Waals surface area contributed by atoms with Crippen molar-refractivity contribution in [1.29, 1.82) is 0 Å². The average molecular weight is 342 g/mol. The average Bonchev–Trinajstić information content (AvgIpc) is 2.39. The Labute approximate surface area is 127 Å². The Morgan fingerprint density at radius 1 is 1.25 bits per heavy atom. The van der Waals surface area contributed by atoms with Crippen molar-refractivity contribution >= 4 is 27.8 Å². The number of carbonyl (C=O) groups excluding carboxylic acids is 1. The quantitative estimate of drug-likeness (QED) is 0.864. The molecule has 20 heavy (non-hydrogen) atoms. The number of hydrogen-bond donors (Lipinski definition) is 1. The van der Waals surface area contributed by atoms with Gasteiger partial charge in [0.1, 0.15) is 0 Å². The smallest absolute Gasteiger partial charge is 0.305 e. The first-order valence-electron chi connectivity index (χ1n) is 6.56. The third-order valence-electron chi connectivity index (χ3n) is 3.37. The first-order valence-corrected chi connectivity index (χ1v) is 7.35. The summed E-state index contributed by atoms with van der Waals surface area (Å²) in [5, 5.41) is 8.75. The standard InChI is InChI=1S/C15H20BrNO3/c1-4-17(10-9-13(18)19)14(20)15(2,3)11-5-7-12(16)8-6-11/h5-8H,4,9-10H2,1-3H3,(H,18,19). The van der Waals surface area contributed by atoms with E-state index >= 15 is 0 Å². The number of carboxylic acid groups (broad SMARTS) is 1. The first-order chi connectivity index (χ1) is 9.28. The topological polar surface area (TPSA) is 57.6 Å². The Morgan fingerprint density at radius 2 is 1.80 bits per heavy atom. The Balaban J connectivity index is 2.91. The van der Waals surface area contributed by atoms with E-state index in [0.717, 1.165) is 10.0 Å². The molecule has 0 spiro atoms. The second kappa shape index (κ2) is 6.88. The minimum absolute atomic E-state index is 0.0317. The van der Waals surface area contributed by atoms with Crippen LogP contribution in [-0.2, 0) is 15.0 Å². The van der Waals surface area contributed by atoms with Gasteiger partial charge in [0.2, 0.25) is 5.91 Å². The molecule has 0 fully saturated rings. The maximum absolute atomic E-state index is 12.6. The lowest BCUT2D eigenvalue weighted by Gasteiger charge is -2.31. The van der Waals surface area contributed by atoms with Gasteiger partial charge in [0.15, 0.2) is 0 Å². The van der Waals surface area contributed by atoms with Crippen molar-refractivity contribution in [2.75, 3.05) is 13.1 Å². The van der Waals surface area contributed by atoms with Gasteiger partial charge >= 0.3 is 5.97 Å². The lowest BCUT2D eigenvalue weighted by molar-refractivity contribution is -0.140. The molecule has 0 saturated heterocycles. The van der Waals surface area contributed by atoms with E-state index in [1.807, 2.05) is 45.0 Å². The van der Waals surface area contributed by atoms with Gasteiger partial charge in [0.25, 0.3) is 0 Å². The van der Waals surface area contributed by atoms with Crippen molar-refractivity contribution in [1.82, 2.24) is 4.90 Å². The van der Waals surface area contributed by atoms with Crippen molar-refractivity contribution in [2.45, 2.75) is 32.6 Å². The number of carboxylic acids is 1. The molecule has 0 bridgehead atoms. The van der Waals surface area contributed by atoms with Crippen LogP contribution in [0.5, 0.6) is 0 Å². The zero-order chi connectivity index (χ0) is 15.3. The second-order valence-corrected chi connectivity index (χ2v) is 6.08. The Morgan fingerprint density at radius 3 is 2.25 bits per heavy atom. The molecule has 0 atom stereocenters. The van der Waals surface area contributed by atoms with Crippen molar-refractivity contribution in [3.63, 3.8) is 0 Å². The van der Waals surface area contributed by atoms with Gasteiger partial charge in [-0.25, -0.2) is 0 Å². The Kier molecular flexibility index (Phi) is 5.74. The molecule has 0 radical (unpaired) electrons. The Hall–Kier alpha value is -1.36. The molecule has 5 heteroatoms. The van der Waals surface area contributed by atoms with Crippen LogP contribution >= 0.6 is 15.9 Å². The predicted octanol–water partition coefficient (Wildman–Crippen LogP) is 3.05. The van der Waals surface area contributed by atoms with E-state index in [2.05, 4.69) is 15.9 Å². The van der Waals surface area contributed by atoms with Gasteiger partial charge in [0, 0.05) is 17.6 Å². The summed E-state index contributed by atoms with van der Waals surface area (Å²) in [4.78, 5) is 24.9. The third kappa shape index (κ3) is 4.07. The highest BCUT2D eigenvalue weighted by Gasteiger charge is 2.33. The number of nitrogens with zero attached hydrogens (tertiary/aromatic N) is 1. The molecule has 1 aromatic carbocycles. The lowest BCUT2D eigenvalue weighted by atomic mass is 9.83. The van der Waals surface area contributed by atoms with Crippen LogP contribution in [0.15, 0.2) is 28.7 Å². The van der Waals surface area contributed by atoms with Crippen molar-refractivity contribution in [3.8, 4) is 0 Å². The van der Waals surface area contributed by atoms with Gasteiger partial charge in [-0.1, -0.05) is 28.1 Å². The maximum Gasteiger partial charge on any atom is 0.305 e. The fourth-order valence-corrected chi connectivity index (χ4v) is 2.28. The van der Waals surface area contributed by atoms with E-state index in [-0.39, 0.29) is 18.9 Å². The van der Waals surface area contributed by atoms with E-state index in [4.69, 9.17) is 5.11 Å². The molecule has 0 aliphatic heterocycles. The summed E-state index contributed by atoms with van der Waals surface area (Å²) in [7, 11) is 0. The fourth-order valence-electron chi connectivity index (χ4n) is 2.02. The van der Waals surface area contributed by atoms with Gasteiger partial charge in [-0.05, 0) is 38.5 Å². The van der Waals surface area contributed by atoms with Crippen molar-refractivity contribution < 1.29 is 14.7 Å². The highest BCUT2D eigenvalue weighted by Crippen LogP contribution is 2.27. The molecule has 0 aliphatic rings. The number of halogens is 1. The zero-order valence-corrected chi connectivity index (χ0v) is 13.6. The number of rotatable bonds is 6. The van der Waals surface area contributed by atoms with Gasteiger partial charge in [-0.15, -0.1) is 0 Å². The summed E-state index contributed by atoms with van der Waals surface area (Å²) in [6.45, 7) is 6.33. The van der Waals surface area contributed by atoms with Crippen LogP contribution in [0.3, 0.4) is 0 Å². The number of aliphatic carboxylic acids is 1. The summed E-state index contributed by atoms with van der Waals surface area (Å²) >= 11 is 3.37. The molecule has 0 aromatic heterocycles. The van der Waals surface area contributed by atoms with E-state index < -0.39 is 11.4 Å². The molecular formula is C15H20BrNO3. The van der Waals surface area contributed by atoms with Crippen LogP contribution in [0.1, 0.15) is 32.8 Å². The summed E-state index contributed by atoms with van der Waals surface area (Å²) in [6, 6.07) is 7.62. The number of likely N-dealkylation sites (N-methyl/N-ethyl adjacent to an activating group) is 1. The van der Waals surface area contributed by atoms with Crippen LogP contribution in [0.4, 0.5) is 0 Å². The summed E-state index contributed by atoms with van der Waals surface area (Å²) in [5.74, 6) is -0.943. The molecule has 4 nitrogen and oxygen atoms in total. The summed E-state index contributed by atoms with van der Waals surface area (Å²) < 4.78 is 0.961. The number of hydrogen-bond acceptors (Lipinski definition) is 2. The molecule has 1 N–H and O–H groups in total. The van der Waals surface area contributed by atoms with Crippen molar-refractivity contribution in [3.05, 3.63) is 34.3 Å². The molecule has 0 heterocycles. The van der Waals surface area contributed by atoms with Gasteiger partial charge in [-0.2, -0.15) is 0 Å². The number of carbonyl (C=O) groups is 2. The van der Waals surface area contributed by atoms with E-state index in [1.165, 1.54) is 0 Å². The van der Waals surface area contributed by atoms with Gasteiger partial charge in [-0.3, -0.25) is 9.59 Å². The van der Waals surface area contributed by atoms with E-state index in [1.54, 1.807) is 4.90 Å². The highest BCUT2D eigenvalue weighted by molar-refractivity contribution is 9.10. The molecule has 1 amide bonds. The lowest BCUT2D eigenvalue weighted by Crippen LogP contribution is -2.44. The predicted molar refractivity (Wildman–Crippen MR) is 81.7 cm³/mol. The molecule has 0 saturated carbocycles. The van der Waals surface area contributed by atoms with Crippen LogP contribution < -0.4 is 0 Å². The molecule has 110 valence electrons. The van der Waals surface area contributed by atoms with Crippen LogP contribution in [0.25, 0.3) is 0 Å². The van der Waals surface area contributed by atoms with Crippen LogP contribution in [0, 0.1) is 0 Å². The maximum atomic E-state index is 12.6. The normalized spacial score (nSPS) is 11.2. The van der Waals surface area contributed by atoms with E-state index in [0.29, 0.717) is 6.54 Å². The minimum atomic E-state index is -0.891. The fraction of sp³-hybridized carbons (Fsp3) is 0.467. The highest BCUT2D eigenvalue weighted by atomic mass is 79.9. The number of benzene rings is 1. The minimum Gasteiger partial charge on any atom is -0.481 e. The summed E-state index contributed by atoms with van der Waals surface area (Å²) in [5.41, 5.74) is 0.245. The molecule has 0 unspecified atom stereocenters. The first kappa shape index (κ1) is 16.7. The van der Waals surface area contributed by atoms with Gasteiger partial charge < -0.3 is 10.0 Å². The van der Waals surface area contributed by atoms with Crippen LogP contribution in [0.2, 0.25) is 0 Å². The molecule has 1 aromatic rings. The van der Waals surface area contributed by atoms with E-state index in [9.17, 15) is 9.59 Å². The summed E-state index contributed by atoms with van der Waals surface area (Å²) in [6.07, 6.45) is -0.0317. The molecule has 0 aliphatic carbocycles. The second-order valence-electron chi connectivity index (χ2n) is 5.16. The Bertz CT molecular complexity index is 482. The zero-order valence-electron chi connectivity index (χ0n) is 12.0. The van der Waals surface area contributed by atoms with Gasteiger partial charge in [0.05, 0.1) is 11.8 Å². The SMILES string of the molecule is CCN(CCC(=O)O)C(=O)C(C)(C)c1ccc(Br)cc1. The molecular weight excluding hydrogens is 322 g/mol. The monoisotopic (exact) mass is 341 g/mol.